The highest BCUT2D eigenvalue weighted by atomic mass is 79.9. The van der Waals surface area contributed by atoms with Crippen LogP contribution in [0.3, 0.4) is 0 Å². The maximum absolute atomic E-state index is 12.5. The molecular formula is C12H17BrN2O3S. The van der Waals surface area contributed by atoms with Gasteiger partial charge in [0.05, 0.1) is 11.5 Å². The van der Waals surface area contributed by atoms with Crippen LogP contribution in [0.4, 0.5) is 0 Å². The summed E-state index contributed by atoms with van der Waals surface area (Å²) in [6.45, 7) is 4.72. The van der Waals surface area contributed by atoms with Crippen molar-refractivity contribution in [1.82, 2.24) is 9.47 Å². The first-order valence-electron chi connectivity index (χ1n) is 6.21. The van der Waals surface area contributed by atoms with Crippen molar-refractivity contribution >= 4 is 31.7 Å². The number of amides is 1. The molecule has 2 heterocycles. The molecule has 19 heavy (non-hydrogen) atoms. The predicted octanol–water partition coefficient (Wildman–Crippen LogP) is 1.53. The van der Waals surface area contributed by atoms with Crippen molar-refractivity contribution in [3.63, 3.8) is 0 Å². The van der Waals surface area contributed by atoms with Gasteiger partial charge in [0.25, 0.3) is 5.91 Å². The lowest BCUT2D eigenvalue weighted by Crippen LogP contribution is -2.50. The topological polar surface area (TPSA) is 59.4 Å². The fourth-order valence-corrected chi connectivity index (χ4v) is 4.38. The predicted molar refractivity (Wildman–Crippen MR) is 77.0 cm³/mol. The van der Waals surface area contributed by atoms with E-state index in [9.17, 15) is 13.2 Å². The van der Waals surface area contributed by atoms with E-state index in [1.807, 2.05) is 17.7 Å². The number of aromatic nitrogens is 1. The van der Waals surface area contributed by atoms with E-state index >= 15 is 0 Å². The lowest BCUT2D eigenvalue weighted by Gasteiger charge is -2.33. The second-order valence-corrected chi connectivity index (χ2v) is 7.94. The van der Waals surface area contributed by atoms with Gasteiger partial charge < -0.3 is 9.47 Å². The smallest absolute Gasteiger partial charge is 0.270 e. The van der Waals surface area contributed by atoms with Crippen molar-refractivity contribution in [2.45, 2.75) is 26.4 Å². The Morgan fingerprint density at radius 1 is 1.53 bits per heavy atom. The maximum atomic E-state index is 12.5. The molecule has 0 N–H and O–H groups in total. The van der Waals surface area contributed by atoms with E-state index in [4.69, 9.17) is 0 Å². The molecule has 2 rings (SSSR count). The molecule has 0 aromatic carbocycles. The van der Waals surface area contributed by atoms with Crippen molar-refractivity contribution in [3.05, 3.63) is 22.4 Å². The van der Waals surface area contributed by atoms with Crippen LogP contribution in [0.2, 0.25) is 0 Å². The van der Waals surface area contributed by atoms with Crippen LogP contribution in [0.1, 0.15) is 24.3 Å². The van der Waals surface area contributed by atoms with Crippen LogP contribution < -0.4 is 0 Å². The second-order valence-electron chi connectivity index (χ2n) is 4.79. The van der Waals surface area contributed by atoms with Crippen LogP contribution in [0.15, 0.2) is 16.7 Å². The zero-order valence-corrected chi connectivity index (χ0v) is 13.4. The monoisotopic (exact) mass is 348 g/mol. The zero-order chi connectivity index (χ0) is 14.2. The first kappa shape index (κ1) is 14.6. The Bertz CT molecular complexity index is 594. The fourth-order valence-electron chi connectivity index (χ4n) is 2.36. The Hall–Kier alpha value is -0.820. The molecule has 7 heteroatoms. The third-order valence-corrected chi connectivity index (χ3v) is 5.58. The average molecular weight is 349 g/mol. The number of aryl methyl sites for hydroxylation is 1. The summed E-state index contributed by atoms with van der Waals surface area (Å²) >= 11 is 3.36. The lowest BCUT2D eigenvalue weighted by molar-refractivity contribution is 0.0701. The highest BCUT2D eigenvalue weighted by Crippen LogP contribution is 2.20. The molecular weight excluding hydrogens is 332 g/mol. The molecule has 1 aliphatic heterocycles. The molecule has 1 aromatic heterocycles. The summed E-state index contributed by atoms with van der Waals surface area (Å²) in [6, 6.07) is 1.51. The summed E-state index contributed by atoms with van der Waals surface area (Å²) in [5, 5.41) is 0. The van der Waals surface area contributed by atoms with Gasteiger partial charge in [-0.1, -0.05) is 0 Å². The number of carbonyl (C=O) groups is 1. The van der Waals surface area contributed by atoms with Gasteiger partial charge in [-0.2, -0.15) is 0 Å². The normalized spacial score (nSPS) is 22.5. The first-order chi connectivity index (χ1) is 8.84. The number of hydrogen-bond donors (Lipinski definition) is 0. The van der Waals surface area contributed by atoms with Crippen molar-refractivity contribution < 1.29 is 13.2 Å². The Labute approximate surface area is 121 Å². The van der Waals surface area contributed by atoms with Gasteiger partial charge in [-0.15, -0.1) is 0 Å². The summed E-state index contributed by atoms with van der Waals surface area (Å²) in [5.41, 5.74) is 0.598. The minimum atomic E-state index is -3.00. The van der Waals surface area contributed by atoms with Crippen molar-refractivity contribution in [3.8, 4) is 0 Å². The van der Waals surface area contributed by atoms with E-state index in [0.29, 0.717) is 12.2 Å². The van der Waals surface area contributed by atoms with Gasteiger partial charge in [-0.05, 0) is 35.8 Å². The molecule has 0 saturated carbocycles. The number of hydrogen-bond acceptors (Lipinski definition) is 3. The minimum absolute atomic E-state index is 0.0484. The van der Waals surface area contributed by atoms with Crippen molar-refractivity contribution in [2.24, 2.45) is 0 Å². The molecule has 1 aromatic rings. The van der Waals surface area contributed by atoms with Crippen molar-refractivity contribution in [1.29, 1.82) is 0 Å². The lowest BCUT2D eigenvalue weighted by atomic mass is 10.2. The van der Waals surface area contributed by atoms with Gasteiger partial charge in [-0.3, -0.25) is 4.79 Å². The number of carbonyl (C=O) groups excluding carboxylic acids is 1. The molecule has 1 saturated heterocycles. The van der Waals surface area contributed by atoms with E-state index in [1.165, 1.54) is 0 Å². The Kier molecular flexibility index (Phi) is 4.06. The molecule has 1 amide bonds. The molecule has 106 valence electrons. The molecule has 0 bridgehead atoms. The highest BCUT2D eigenvalue weighted by molar-refractivity contribution is 9.10. The molecule has 0 spiro atoms. The van der Waals surface area contributed by atoms with Crippen LogP contribution >= 0.6 is 15.9 Å². The van der Waals surface area contributed by atoms with Gasteiger partial charge >= 0.3 is 0 Å². The van der Waals surface area contributed by atoms with Crippen LogP contribution in [0, 0.1) is 0 Å². The molecule has 0 aliphatic carbocycles. The minimum Gasteiger partial charge on any atom is -0.343 e. The second kappa shape index (κ2) is 5.28. The van der Waals surface area contributed by atoms with E-state index in [0.717, 1.165) is 4.47 Å². The maximum Gasteiger partial charge on any atom is 0.270 e. The number of sulfone groups is 1. The third kappa shape index (κ3) is 3.02. The summed E-state index contributed by atoms with van der Waals surface area (Å²) in [4.78, 5) is 14.2. The van der Waals surface area contributed by atoms with Gasteiger partial charge in [0, 0.05) is 29.8 Å². The number of nitrogens with zero attached hydrogens (tertiary/aromatic N) is 2. The molecule has 1 atom stereocenters. The van der Waals surface area contributed by atoms with Crippen LogP contribution in [-0.2, 0) is 16.4 Å². The molecule has 5 nitrogen and oxygen atoms in total. The number of rotatable bonds is 2. The first-order valence-corrected chi connectivity index (χ1v) is 8.82. The SMILES string of the molecule is CCn1cc(Br)cc1C(=O)N1CCS(=O)(=O)CC1C. The van der Waals surface area contributed by atoms with E-state index < -0.39 is 9.84 Å². The largest absolute Gasteiger partial charge is 0.343 e. The summed E-state index contributed by atoms with van der Waals surface area (Å²) in [5.74, 6) is -0.000880. The molecule has 1 aliphatic rings. The van der Waals surface area contributed by atoms with Crippen LogP contribution in [0.25, 0.3) is 0 Å². The molecule has 0 radical (unpaired) electrons. The average Bonchev–Trinajstić information content (AvgIpc) is 2.68. The quantitative estimate of drug-likeness (QED) is 0.814. The van der Waals surface area contributed by atoms with Gasteiger partial charge in [-0.25, -0.2) is 8.42 Å². The van der Waals surface area contributed by atoms with E-state index in [-0.39, 0.29) is 30.0 Å². The van der Waals surface area contributed by atoms with E-state index in [2.05, 4.69) is 15.9 Å². The Balaban J connectivity index is 2.25. The zero-order valence-electron chi connectivity index (χ0n) is 11.0. The standard InChI is InChI=1S/C12H17BrN2O3S/c1-3-14-7-10(13)6-11(14)12(16)15-4-5-19(17,18)8-9(15)2/h6-7,9H,3-5,8H2,1-2H3. The van der Waals surface area contributed by atoms with Gasteiger partial charge in [0.15, 0.2) is 9.84 Å². The van der Waals surface area contributed by atoms with E-state index in [1.54, 1.807) is 17.9 Å². The summed E-state index contributed by atoms with van der Waals surface area (Å²) in [7, 11) is -3.00. The fraction of sp³-hybridized carbons (Fsp3) is 0.583. The van der Waals surface area contributed by atoms with Gasteiger partial charge in [0.1, 0.15) is 5.69 Å². The summed E-state index contributed by atoms with van der Waals surface area (Å²) < 4.78 is 25.8. The van der Waals surface area contributed by atoms with Crippen LogP contribution in [0.5, 0.6) is 0 Å². The molecule has 1 unspecified atom stereocenters. The Morgan fingerprint density at radius 3 is 2.79 bits per heavy atom. The van der Waals surface area contributed by atoms with Gasteiger partial charge in [0.2, 0.25) is 0 Å². The number of halogens is 1. The van der Waals surface area contributed by atoms with Crippen molar-refractivity contribution in [2.75, 3.05) is 18.1 Å². The van der Waals surface area contributed by atoms with Crippen LogP contribution in [-0.4, -0.2) is 47.9 Å². The third-order valence-electron chi connectivity index (χ3n) is 3.35. The Morgan fingerprint density at radius 2 is 2.21 bits per heavy atom. The molecule has 1 fully saturated rings. The highest BCUT2D eigenvalue weighted by Gasteiger charge is 2.32. The summed E-state index contributed by atoms with van der Waals surface area (Å²) in [6.07, 6.45) is 1.86.